The molecule has 35 heavy (non-hydrogen) atoms. The van der Waals surface area contributed by atoms with Crippen LogP contribution in [0.5, 0.6) is 5.75 Å². The summed E-state index contributed by atoms with van der Waals surface area (Å²) in [6.07, 6.45) is 5.21. The van der Waals surface area contributed by atoms with Crippen molar-refractivity contribution in [1.29, 1.82) is 0 Å². The van der Waals surface area contributed by atoms with Gasteiger partial charge in [0.1, 0.15) is 6.10 Å². The fourth-order valence-electron chi connectivity index (χ4n) is 5.44. The first kappa shape index (κ1) is 25.5. The molecule has 2 aromatic carbocycles. The molecule has 0 atom stereocenters. The Morgan fingerprint density at radius 1 is 0.771 bits per heavy atom. The zero-order chi connectivity index (χ0) is 25.1. The van der Waals surface area contributed by atoms with Gasteiger partial charge in [-0.1, -0.05) is 31.9 Å². The minimum atomic E-state index is -1.31. The Morgan fingerprint density at radius 2 is 1.31 bits per heavy atom. The van der Waals surface area contributed by atoms with Gasteiger partial charge in [-0.15, -0.1) is 0 Å². The van der Waals surface area contributed by atoms with Gasteiger partial charge in [0, 0.05) is 0 Å². The number of hydrogen-bond donors (Lipinski definition) is 0. The molecule has 2 saturated carbocycles. The smallest absolute Gasteiger partial charge is 0.341 e. The predicted molar refractivity (Wildman–Crippen MR) is 125 cm³/mol. The molecule has 0 heterocycles. The Morgan fingerprint density at radius 3 is 1.86 bits per heavy atom. The summed E-state index contributed by atoms with van der Waals surface area (Å²) in [5, 5.41) is 0. The van der Waals surface area contributed by atoms with Gasteiger partial charge in [0.15, 0.2) is 23.2 Å². The highest BCUT2D eigenvalue weighted by Crippen LogP contribution is 2.41. The van der Waals surface area contributed by atoms with Crippen LogP contribution in [0.15, 0.2) is 24.3 Å². The quantitative estimate of drug-likeness (QED) is 0.305. The molecule has 2 fully saturated rings. The van der Waals surface area contributed by atoms with Crippen molar-refractivity contribution < 1.29 is 31.8 Å². The van der Waals surface area contributed by atoms with E-state index in [2.05, 4.69) is 6.92 Å². The topological polar surface area (TPSA) is 35.5 Å². The minimum absolute atomic E-state index is 0.0673. The molecule has 0 N–H and O–H groups in total. The van der Waals surface area contributed by atoms with E-state index in [0.717, 1.165) is 31.7 Å². The summed E-state index contributed by atoms with van der Waals surface area (Å²) in [6, 6.07) is 5.79. The van der Waals surface area contributed by atoms with E-state index in [1.807, 2.05) is 0 Å². The van der Waals surface area contributed by atoms with Crippen LogP contribution in [0, 0.1) is 29.2 Å². The average Bonchev–Trinajstić information content (AvgIpc) is 2.85. The van der Waals surface area contributed by atoms with E-state index in [0.29, 0.717) is 42.7 Å². The van der Waals surface area contributed by atoms with E-state index in [9.17, 15) is 18.0 Å². The highest BCUT2D eigenvalue weighted by atomic mass is 19.2. The summed E-state index contributed by atoms with van der Waals surface area (Å²) in [4.78, 5) is 12.4. The van der Waals surface area contributed by atoms with E-state index < -0.39 is 40.9 Å². The molecule has 4 rings (SSSR count). The van der Waals surface area contributed by atoms with Crippen molar-refractivity contribution in [2.75, 3.05) is 6.61 Å². The van der Waals surface area contributed by atoms with Crippen LogP contribution in [0.25, 0.3) is 0 Å². The van der Waals surface area contributed by atoms with Crippen LogP contribution in [0.1, 0.15) is 98.5 Å². The monoisotopic (exact) mass is 492 g/mol. The standard InChI is InChI=1S/C28H32F4O3/c1-3-34-23-15-14-22(26(31)27(23)32)28(33)35-19-10-8-18(9-11-19)21-13-12-20(24(29)25(21)30)17-6-4-16(2)5-7-17/h12-19H,3-11H2,1-2H3. The van der Waals surface area contributed by atoms with Gasteiger partial charge in [-0.2, -0.15) is 4.39 Å². The van der Waals surface area contributed by atoms with Crippen molar-refractivity contribution in [3.8, 4) is 5.75 Å². The van der Waals surface area contributed by atoms with Crippen LogP contribution in [0.3, 0.4) is 0 Å². The lowest BCUT2D eigenvalue weighted by Gasteiger charge is -2.30. The van der Waals surface area contributed by atoms with Crippen LogP contribution in [0.4, 0.5) is 17.6 Å². The van der Waals surface area contributed by atoms with Gasteiger partial charge in [0.2, 0.25) is 5.82 Å². The molecule has 0 aromatic heterocycles. The van der Waals surface area contributed by atoms with Gasteiger partial charge in [-0.05, 0) is 86.5 Å². The molecule has 2 aromatic rings. The van der Waals surface area contributed by atoms with Crippen LogP contribution < -0.4 is 4.74 Å². The molecule has 0 amide bonds. The van der Waals surface area contributed by atoms with E-state index in [1.54, 1.807) is 19.1 Å². The molecule has 0 spiro atoms. The first-order valence-electron chi connectivity index (χ1n) is 12.6. The molecule has 2 aliphatic carbocycles. The Kier molecular flexibility index (Phi) is 8.02. The lowest BCUT2D eigenvalue weighted by molar-refractivity contribution is 0.0188. The van der Waals surface area contributed by atoms with Gasteiger partial charge < -0.3 is 9.47 Å². The second-order valence-corrected chi connectivity index (χ2v) is 9.88. The van der Waals surface area contributed by atoms with Gasteiger partial charge in [0.25, 0.3) is 0 Å². The predicted octanol–water partition coefficient (Wildman–Crippen LogP) is 7.82. The maximum absolute atomic E-state index is 15.0. The lowest BCUT2D eigenvalue weighted by Crippen LogP contribution is -2.25. The van der Waals surface area contributed by atoms with E-state index in [4.69, 9.17) is 9.47 Å². The molecule has 7 heteroatoms. The van der Waals surface area contributed by atoms with Crippen molar-refractivity contribution in [3.63, 3.8) is 0 Å². The third-order valence-corrected chi connectivity index (χ3v) is 7.55. The number of halogens is 4. The Bertz CT molecular complexity index is 1050. The van der Waals surface area contributed by atoms with Crippen molar-refractivity contribution in [2.24, 2.45) is 5.92 Å². The third-order valence-electron chi connectivity index (χ3n) is 7.55. The molecule has 3 nitrogen and oxygen atoms in total. The number of hydrogen-bond acceptors (Lipinski definition) is 3. The molecule has 0 saturated heterocycles. The maximum atomic E-state index is 15.0. The molecule has 0 radical (unpaired) electrons. The summed E-state index contributed by atoms with van der Waals surface area (Å²) >= 11 is 0. The zero-order valence-corrected chi connectivity index (χ0v) is 20.2. The highest BCUT2D eigenvalue weighted by molar-refractivity contribution is 5.90. The number of rotatable bonds is 6. The molecular weight excluding hydrogens is 460 g/mol. The molecule has 0 aliphatic heterocycles. The van der Waals surface area contributed by atoms with Crippen LogP contribution in [-0.4, -0.2) is 18.7 Å². The number of carbonyl (C=O) groups excluding carboxylic acids is 1. The average molecular weight is 493 g/mol. The Hall–Kier alpha value is -2.57. The zero-order valence-electron chi connectivity index (χ0n) is 20.2. The highest BCUT2D eigenvalue weighted by Gasteiger charge is 2.31. The third kappa shape index (κ3) is 5.49. The molecule has 0 bridgehead atoms. The van der Waals surface area contributed by atoms with Crippen molar-refractivity contribution in [1.82, 2.24) is 0 Å². The molecule has 0 unspecified atom stereocenters. The van der Waals surface area contributed by atoms with Crippen molar-refractivity contribution >= 4 is 5.97 Å². The summed E-state index contributed by atoms with van der Waals surface area (Å²) < 4.78 is 68.8. The van der Waals surface area contributed by atoms with E-state index in [-0.39, 0.29) is 24.2 Å². The number of benzene rings is 2. The first-order valence-corrected chi connectivity index (χ1v) is 12.6. The van der Waals surface area contributed by atoms with E-state index in [1.165, 1.54) is 6.07 Å². The van der Waals surface area contributed by atoms with Gasteiger partial charge >= 0.3 is 5.97 Å². The van der Waals surface area contributed by atoms with Gasteiger partial charge in [-0.3, -0.25) is 0 Å². The summed E-state index contributed by atoms with van der Waals surface area (Å²) in [6.45, 7) is 3.99. The lowest BCUT2D eigenvalue weighted by atomic mass is 9.77. The number of ether oxygens (including phenoxy) is 2. The number of esters is 1. The molecule has 190 valence electrons. The van der Waals surface area contributed by atoms with Crippen LogP contribution >= 0.6 is 0 Å². The largest absolute Gasteiger partial charge is 0.491 e. The van der Waals surface area contributed by atoms with Crippen molar-refractivity contribution in [3.05, 3.63) is 64.2 Å². The summed E-state index contributed by atoms with van der Waals surface area (Å²) in [5.74, 6) is -4.73. The molecular formula is C28H32F4O3. The normalized spacial score (nSPS) is 24.7. The fourth-order valence-corrected chi connectivity index (χ4v) is 5.44. The summed E-state index contributed by atoms with van der Waals surface area (Å²) in [5.41, 5.74) is 0.346. The van der Waals surface area contributed by atoms with Gasteiger partial charge in [0.05, 0.1) is 12.2 Å². The number of carbonyl (C=O) groups is 1. The minimum Gasteiger partial charge on any atom is -0.491 e. The first-order chi connectivity index (χ1) is 16.8. The van der Waals surface area contributed by atoms with E-state index >= 15 is 4.39 Å². The van der Waals surface area contributed by atoms with Crippen LogP contribution in [-0.2, 0) is 4.74 Å². The van der Waals surface area contributed by atoms with Gasteiger partial charge in [-0.25, -0.2) is 18.0 Å². The Balaban J connectivity index is 1.37. The second kappa shape index (κ2) is 11.0. The second-order valence-electron chi connectivity index (χ2n) is 9.88. The maximum Gasteiger partial charge on any atom is 0.341 e. The SMILES string of the molecule is CCOc1ccc(C(=O)OC2CCC(c3ccc(C4CCC(C)CC4)c(F)c3F)CC2)c(F)c1F. The molecule has 2 aliphatic rings. The summed E-state index contributed by atoms with van der Waals surface area (Å²) in [7, 11) is 0. The van der Waals surface area contributed by atoms with Crippen LogP contribution in [0.2, 0.25) is 0 Å². The fraction of sp³-hybridized carbons (Fsp3) is 0.536. The van der Waals surface area contributed by atoms with Crippen molar-refractivity contribution in [2.45, 2.75) is 83.2 Å². The Labute approximate surface area is 203 Å².